The molecule has 0 bridgehead atoms. The van der Waals surface area contributed by atoms with E-state index >= 15 is 0 Å². The number of nitrogens with one attached hydrogen (secondary N) is 1. The second kappa shape index (κ2) is 8.90. The van der Waals surface area contributed by atoms with Crippen molar-refractivity contribution in [3.8, 4) is 11.5 Å². The highest BCUT2D eigenvalue weighted by atomic mass is 19.1. The third-order valence-electron chi connectivity index (χ3n) is 5.78. The molecular weight excluding hydrogens is 411 g/mol. The smallest absolute Gasteiger partial charge is 0.322 e. The van der Waals surface area contributed by atoms with Crippen molar-refractivity contribution >= 4 is 11.7 Å². The van der Waals surface area contributed by atoms with E-state index in [1.165, 1.54) is 12.1 Å². The summed E-state index contributed by atoms with van der Waals surface area (Å²) in [4.78, 5) is 19.7. The zero-order chi connectivity index (χ0) is 22.8. The van der Waals surface area contributed by atoms with Gasteiger partial charge in [-0.1, -0.05) is 0 Å². The summed E-state index contributed by atoms with van der Waals surface area (Å²) in [6, 6.07) is 7.66. The van der Waals surface area contributed by atoms with E-state index in [2.05, 4.69) is 10.3 Å². The van der Waals surface area contributed by atoms with Crippen LogP contribution in [-0.2, 0) is 13.5 Å². The Morgan fingerprint density at radius 3 is 2.50 bits per heavy atom. The van der Waals surface area contributed by atoms with E-state index in [1.807, 2.05) is 36.9 Å². The number of hydrogen-bond acceptors (Lipinski definition) is 4. The van der Waals surface area contributed by atoms with Crippen molar-refractivity contribution in [1.82, 2.24) is 14.9 Å². The van der Waals surface area contributed by atoms with Crippen molar-refractivity contribution in [1.29, 1.82) is 0 Å². The molecule has 1 unspecified atom stereocenters. The second-order valence-electron chi connectivity index (χ2n) is 7.91. The minimum Gasteiger partial charge on any atom is -0.497 e. The largest absolute Gasteiger partial charge is 0.497 e. The van der Waals surface area contributed by atoms with Gasteiger partial charge in [0.1, 0.15) is 29.2 Å². The molecule has 1 aromatic heterocycles. The monoisotopic (exact) mass is 438 g/mol. The number of rotatable bonds is 5. The van der Waals surface area contributed by atoms with E-state index in [1.54, 1.807) is 31.4 Å². The number of hydrogen-bond donors (Lipinski definition) is 1. The summed E-state index contributed by atoms with van der Waals surface area (Å²) in [5.74, 6) is 1.62. The fraction of sp³-hybridized carbons (Fsp3) is 0.333. The Labute approximate surface area is 186 Å². The number of aromatic nitrogens is 2. The molecule has 0 radical (unpaired) electrons. The normalized spacial score (nSPS) is 14.0. The number of urea groups is 1. The lowest BCUT2D eigenvalue weighted by Crippen LogP contribution is -2.45. The Balaban J connectivity index is 1.73. The van der Waals surface area contributed by atoms with Crippen molar-refractivity contribution in [2.75, 3.05) is 25.7 Å². The first-order valence-electron chi connectivity index (χ1n) is 10.5. The zero-order valence-electron chi connectivity index (χ0n) is 18.7. The summed E-state index contributed by atoms with van der Waals surface area (Å²) in [7, 11) is 5.04. The van der Waals surface area contributed by atoms with E-state index in [9.17, 15) is 9.18 Å². The first-order valence-corrected chi connectivity index (χ1v) is 10.5. The summed E-state index contributed by atoms with van der Waals surface area (Å²) in [6.07, 6.45) is 5.03. The third-order valence-corrected chi connectivity index (χ3v) is 5.78. The van der Waals surface area contributed by atoms with E-state index in [0.29, 0.717) is 23.9 Å². The van der Waals surface area contributed by atoms with Gasteiger partial charge in [-0.3, -0.25) is 4.90 Å². The minimum absolute atomic E-state index is 0.268. The van der Waals surface area contributed by atoms with Gasteiger partial charge < -0.3 is 19.4 Å². The minimum atomic E-state index is -0.544. The molecule has 1 aliphatic heterocycles. The SMILES string of the molecule is COc1cc(OC)cc(C(NC(=O)N2CCCc3cc(F)cc(C)c32)c2nccn2C)c1. The van der Waals surface area contributed by atoms with Crippen LogP contribution >= 0.6 is 0 Å². The maximum absolute atomic E-state index is 13.9. The second-order valence-corrected chi connectivity index (χ2v) is 7.91. The molecule has 0 saturated carbocycles. The molecule has 7 nitrogen and oxygen atoms in total. The molecule has 0 spiro atoms. The average molecular weight is 439 g/mol. The van der Waals surface area contributed by atoms with Gasteiger partial charge >= 0.3 is 6.03 Å². The first kappa shape index (κ1) is 21.7. The number of carbonyl (C=O) groups is 1. The van der Waals surface area contributed by atoms with Gasteiger partial charge in [-0.05, 0) is 60.7 Å². The van der Waals surface area contributed by atoms with Crippen molar-refractivity contribution in [3.63, 3.8) is 0 Å². The zero-order valence-corrected chi connectivity index (χ0v) is 18.7. The predicted molar refractivity (Wildman–Crippen MR) is 120 cm³/mol. The Bertz CT molecular complexity index is 1120. The Morgan fingerprint density at radius 1 is 1.16 bits per heavy atom. The van der Waals surface area contributed by atoms with Gasteiger partial charge in [-0.25, -0.2) is 14.2 Å². The Hall–Kier alpha value is -3.55. The molecule has 4 rings (SSSR count). The number of nitrogens with zero attached hydrogens (tertiary/aromatic N) is 3. The molecule has 2 aromatic carbocycles. The molecule has 8 heteroatoms. The van der Waals surface area contributed by atoms with Crippen LogP contribution in [-0.4, -0.2) is 36.3 Å². The van der Waals surface area contributed by atoms with Crippen molar-refractivity contribution in [2.45, 2.75) is 25.8 Å². The summed E-state index contributed by atoms with van der Waals surface area (Å²) < 4.78 is 26.6. The topological polar surface area (TPSA) is 68.6 Å². The Morgan fingerprint density at radius 2 is 1.88 bits per heavy atom. The maximum atomic E-state index is 13.9. The van der Waals surface area contributed by atoms with Crippen LogP contribution in [0.15, 0.2) is 42.7 Å². The first-order chi connectivity index (χ1) is 15.4. The van der Waals surface area contributed by atoms with E-state index in [-0.39, 0.29) is 11.8 Å². The van der Waals surface area contributed by atoms with Crippen LogP contribution in [0.2, 0.25) is 0 Å². The van der Waals surface area contributed by atoms with Gasteiger partial charge in [-0.2, -0.15) is 0 Å². The Kier molecular flexibility index (Phi) is 6.03. The maximum Gasteiger partial charge on any atom is 0.322 e. The number of halogens is 1. The van der Waals surface area contributed by atoms with Gasteiger partial charge in [-0.15, -0.1) is 0 Å². The van der Waals surface area contributed by atoms with Crippen LogP contribution in [0.3, 0.4) is 0 Å². The lowest BCUT2D eigenvalue weighted by atomic mass is 9.98. The summed E-state index contributed by atoms with van der Waals surface area (Å²) in [6.45, 7) is 2.39. The number of ether oxygens (including phenoxy) is 2. The highest BCUT2D eigenvalue weighted by Crippen LogP contribution is 2.33. The molecule has 1 N–H and O–H groups in total. The number of benzene rings is 2. The van der Waals surface area contributed by atoms with Crippen LogP contribution in [0, 0.1) is 12.7 Å². The summed E-state index contributed by atoms with van der Waals surface area (Å²) >= 11 is 0. The van der Waals surface area contributed by atoms with Crippen molar-refractivity contribution < 1.29 is 18.7 Å². The van der Waals surface area contributed by atoms with Crippen LogP contribution in [0.1, 0.15) is 35.0 Å². The number of imidazole rings is 1. The predicted octanol–water partition coefficient (Wildman–Crippen LogP) is 4.14. The molecule has 0 fully saturated rings. The molecule has 32 heavy (non-hydrogen) atoms. The van der Waals surface area contributed by atoms with Crippen LogP contribution in [0.5, 0.6) is 11.5 Å². The van der Waals surface area contributed by atoms with Crippen LogP contribution in [0.4, 0.5) is 14.9 Å². The van der Waals surface area contributed by atoms with Gasteiger partial charge in [0.25, 0.3) is 0 Å². The number of methoxy groups -OCH3 is 2. The van der Waals surface area contributed by atoms with Gasteiger partial charge in [0, 0.05) is 32.1 Å². The fourth-order valence-electron chi connectivity index (χ4n) is 4.27. The van der Waals surface area contributed by atoms with Crippen molar-refractivity contribution in [3.05, 3.63) is 71.1 Å². The number of amides is 2. The highest BCUT2D eigenvalue weighted by molar-refractivity contribution is 5.94. The summed E-state index contributed by atoms with van der Waals surface area (Å²) in [5.41, 5.74) is 3.14. The lowest BCUT2D eigenvalue weighted by Gasteiger charge is -2.32. The number of anilines is 1. The van der Waals surface area contributed by atoms with E-state index < -0.39 is 6.04 Å². The van der Waals surface area contributed by atoms with Crippen LogP contribution in [0.25, 0.3) is 0 Å². The molecular formula is C24H27FN4O3. The molecule has 0 saturated heterocycles. The molecule has 1 atom stereocenters. The molecule has 2 amide bonds. The fourth-order valence-corrected chi connectivity index (χ4v) is 4.27. The molecule has 168 valence electrons. The number of aryl methyl sites for hydroxylation is 3. The number of fused-ring (bicyclic) bond motifs is 1. The lowest BCUT2D eigenvalue weighted by molar-refractivity contribution is 0.243. The third kappa shape index (κ3) is 4.12. The summed E-state index contributed by atoms with van der Waals surface area (Å²) in [5, 5.41) is 3.13. The number of carbonyl (C=O) groups excluding carboxylic acids is 1. The molecule has 0 aliphatic carbocycles. The van der Waals surface area contributed by atoms with Gasteiger partial charge in [0.05, 0.1) is 19.9 Å². The molecule has 3 aromatic rings. The van der Waals surface area contributed by atoms with E-state index in [0.717, 1.165) is 35.2 Å². The average Bonchev–Trinajstić information content (AvgIpc) is 3.21. The van der Waals surface area contributed by atoms with Gasteiger partial charge in [0.15, 0.2) is 0 Å². The highest BCUT2D eigenvalue weighted by Gasteiger charge is 2.29. The molecule has 2 heterocycles. The standard InChI is InChI=1S/C24H27FN4O3/c1-15-10-18(25)11-16-6-5-8-29(22(15)16)24(30)27-21(23-26-7-9-28(23)2)17-12-19(31-3)14-20(13-17)32-4/h7,9-14,21H,5-6,8H2,1-4H3,(H,27,30). The van der Waals surface area contributed by atoms with E-state index in [4.69, 9.17) is 9.47 Å². The van der Waals surface area contributed by atoms with Crippen molar-refractivity contribution in [2.24, 2.45) is 7.05 Å². The van der Waals surface area contributed by atoms with Crippen LogP contribution < -0.4 is 19.7 Å². The quantitative estimate of drug-likeness (QED) is 0.650. The van der Waals surface area contributed by atoms with Gasteiger partial charge in [0.2, 0.25) is 0 Å². The molecule has 1 aliphatic rings.